The highest BCUT2D eigenvalue weighted by Gasteiger charge is 2.10. The fourth-order valence-corrected chi connectivity index (χ4v) is 3.12. The van der Waals surface area contributed by atoms with Crippen molar-refractivity contribution >= 4 is 0 Å². The molecule has 0 aliphatic heterocycles. The molecule has 0 saturated carbocycles. The minimum absolute atomic E-state index is 0.125. The Hall–Kier alpha value is -0.870. The zero-order chi connectivity index (χ0) is 18.7. The summed E-state index contributed by atoms with van der Waals surface area (Å²) in [5.74, 6) is 0. The van der Waals surface area contributed by atoms with Crippen molar-refractivity contribution in [3.05, 3.63) is 18.7 Å². The van der Waals surface area contributed by atoms with Crippen LogP contribution >= 0.6 is 0 Å². The number of rotatable bonds is 19. The maximum absolute atomic E-state index is 6.11. The van der Waals surface area contributed by atoms with Crippen LogP contribution in [-0.4, -0.2) is 35.5 Å². The zero-order valence-corrected chi connectivity index (χ0v) is 17.3. The van der Waals surface area contributed by atoms with Gasteiger partial charge in [0.05, 0.1) is 25.6 Å². The quantitative estimate of drug-likeness (QED) is 0.281. The first kappa shape index (κ1) is 23.2. The predicted octanol–water partition coefficient (Wildman–Crippen LogP) is 6.01. The second kappa shape index (κ2) is 17.5. The van der Waals surface area contributed by atoms with Crippen LogP contribution in [-0.2, 0) is 16.0 Å². The van der Waals surface area contributed by atoms with Gasteiger partial charge in [0, 0.05) is 25.6 Å². The standard InChI is InChI=1S/C22H42N2O2/c1-3-5-7-9-10-11-12-14-18-26-22(19-24-16-15-23-21-24)20-25-17-13-8-6-4-2/h15-16,21-22H,3-14,17-20H2,1-2H3. The normalized spacial score (nSPS) is 12.5. The van der Waals surface area contributed by atoms with Crippen LogP contribution in [0.15, 0.2) is 18.7 Å². The number of hydrogen-bond acceptors (Lipinski definition) is 3. The lowest BCUT2D eigenvalue weighted by Gasteiger charge is -2.19. The van der Waals surface area contributed by atoms with Gasteiger partial charge < -0.3 is 14.0 Å². The van der Waals surface area contributed by atoms with Gasteiger partial charge in [0.15, 0.2) is 0 Å². The molecule has 1 atom stereocenters. The maximum Gasteiger partial charge on any atom is 0.0987 e. The summed E-state index contributed by atoms with van der Waals surface area (Å²) >= 11 is 0. The van der Waals surface area contributed by atoms with Gasteiger partial charge in [-0.3, -0.25) is 0 Å². The highest BCUT2D eigenvalue weighted by atomic mass is 16.5. The molecule has 1 unspecified atom stereocenters. The third-order valence-corrected chi connectivity index (χ3v) is 4.77. The smallest absolute Gasteiger partial charge is 0.0987 e. The van der Waals surface area contributed by atoms with E-state index in [0.29, 0.717) is 6.61 Å². The number of unbranched alkanes of at least 4 members (excludes halogenated alkanes) is 10. The van der Waals surface area contributed by atoms with Gasteiger partial charge in [0.25, 0.3) is 0 Å². The van der Waals surface area contributed by atoms with E-state index < -0.39 is 0 Å². The molecule has 0 aliphatic carbocycles. The average molecular weight is 367 g/mol. The first-order chi connectivity index (χ1) is 12.9. The first-order valence-electron chi connectivity index (χ1n) is 11.0. The number of hydrogen-bond donors (Lipinski definition) is 0. The van der Waals surface area contributed by atoms with Gasteiger partial charge in [-0.1, -0.05) is 78.1 Å². The third-order valence-electron chi connectivity index (χ3n) is 4.77. The van der Waals surface area contributed by atoms with Crippen molar-refractivity contribution in [3.63, 3.8) is 0 Å². The summed E-state index contributed by atoms with van der Waals surface area (Å²) in [4.78, 5) is 4.12. The lowest BCUT2D eigenvalue weighted by atomic mass is 10.1. The van der Waals surface area contributed by atoms with Gasteiger partial charge in [-0.2, -0.15) is 0 Å². The van der Waals surface area contributed by atoms with E-state index in [9.17, 15) is 0 Å². The van der Waals surface area contributed by atoms with Crippen molar-refractivity contribution in [2.45, 2.75) is 104 Å². The van der Waals surface area contributed by atoms with E-state index in [-0.39, 0.29) is 6.10 Å². The van der Waals surface area contributed by atoms with E-state index in [1.165, 1.54) is 64.2 Å². The van der Waals surface area contributed by atoms with Crippen LogP contribution in [0.4, 0.5) is 0 Å². The summed E-state index contributed by atoms with van der Waals surface area (Å²) in [5.41, 5.74) is 0. The van der Waals surface area contributed by atoms with Gasteiger partial charge in [0.2, 0.25) is 0 Å². The number of ether oxygens (including phenoxy) is 2. The topological polar surface area (TPSA) is 36.3 Å². The van der Waals surface area contributed by atoms with Crippen LogP contribution in [0.25, 0.3) is 0 Å². The molecule has 4 heteroatoms. The van der Waals surface area contributed by atoms with Crippen LogP contribution in [0.3, 0.4) is 0 Å². The fraction of sp³-hybridized carbons (Fsp3) is 0.864. The molecule has 0 amide bonds. The molecule has 0 bridgehead atoms. The number of aromatic nitrogens is 2. The van der Waals surface area contributed by atoms with Crippen LogP contribution in [0.1, 0.15) is 90.9 Å². The molecular formula is C22H42N2O2. The van der Waals surface area contributed by atoms with Crippen LogP contribution in [0.5, 0.6) is 0 Å². The van der Waals surface area contributed by atoms with Gasteiger partial charge in [-0.15, -0.1) is 0 Å². The Bertz CT molecular complexity index is 382. The monoisotopic (exact) mass is 366 g/mol. The Balaban J connectivity index is 2.10. The summed E-state index contributed by atoms with van der Waals surface area (Å²) in [6.07, 6.45) is 21.4. The summed E-state index contributed by atoms with van der Waals surface area (Å²) < 4.78 is 14.1. The van der Waals surface area contributed by atoms with E-state index in [2.05, 4.69) is 23.4 Å². The SMILES string of the molecule is CCCCCCCCCCOC(COCCCCCC)Cn1ccnc1. The minimum Gasteiger partial charge on any atom is -0.379 e. The fourth-order valence-electron chi connectivity index (χ4n) is 3.12. The second-order valence-electron chi connectivity index (χ2n) is 7.36. The third kappa shape index (κ3) is 13.3. The second-order valence-corrected chi connectivity index (χ2v) is 7.36. The Morgan fingerprint density at radius 1 is 0.808 bits per heavy atom. The minimum atomic E-state index is 0.125. The van der Waals surface area contributed by atoms with Crippen molar-refractivity contribution in [1.82, 2.24) is 9.55 Å². The van der Waals surface area contributed by atoms with E-state index in [0.717, 1.165) is 32.6 Å². The van der Waals surface area contributed by atoms with Crippen LogP contribution < -0.4 is 0 Å². The predicted molar refractivity (Wildman–Crippen MR) is 110 cm³/mol. The van der Waals surface area contributed by atoms with Crippen LogP contribution in [0.2, 0.25) is 0 Å². The molecule has 0 spiro atoms. The van der Waals surface area contributed by atoms with Crippen molar-refractivity contribution in [2.24, 2.45) is 0 Å². The summed E-state index contributed by atoms with van der Waals surface area (Å²) in [6.45, 7) is 7.70. The molecule has 0 radical (unpaired) electrons. The molecule has 0 fully saturated rings. The van der Waals surface area contributed by atoms with E-state index in [1.807, 2.05) is 18.7 Å². The molecule has 4 nitrogen and oxygen atoms in total. The van der Waals surface area contributed by atoms with Gasteiger partial charge in [-0.05, 0) is 12.8 Å². The van der Waals surface area contributed by atoms with E-state index in [4.69, 9.17) is 9.47 Å². The van der Waals surface area contributed by atoms with Crippen molar-refractivity contribution in [1.29, 1.82) is 0 Å². The van der Waals surface area contributed by atoms with Gasteiger partial charge >= 0.3 is 0 Å². The van der Waals surface area contributed by atoms with E-state index in [1.54, 1.807) is 0 Å². The molecule has 26 heavy (non-hydrogen) atoms. The molecule has 1 aromatic rings. The molecule has 0 aromatic carbocycles. The van der Waals surface area contributed by atoms with Crippen LogP contribution in [0, 0.1) is 0 Å². The van der Waals surface area contributed by atoms with Gasteiger partial charge in [0.1, 0.15) is 0 Å². The molecule has 1 rings (SSSR count). The molecule has 0 aliphatic rings. The highest BCUT2D eigenvalue weighted by molar-refractivity contribution is 4.76. The largest absolute Gasteiger partial charge is 0.379 e. The molecule has 152 valence electrons. The molecule has 0 N–H and O–H groups in total. The lowest BCUT2D eigenvalue weighted by Crippen LogP contribution is -2.26. The summed E-state index contributed by atoms with van der Waals surface area (Å²) in [6, 6.07) is 0. The van der Waals surface area contributed by atoms with Crippen molar-refractivity contribution in [3.8, 4) is 0 Å². The maximum atomic E-state index is 6.11. The van der Waals surface area contributed by atoms with Crippen molar-refractivity contribution < 1.29 is 9.47 Å². The zero-order valence-electron chi connectivity index (χ0n) is 17.3. The molecule has 1 heterocycles. The molecule has 0 saturated heterocycles. The molecular weight excluding hydrogens is 324 g/mol. The highest BCUT2D eigenvalue weighted by Crippen LogP contribution is 2.09. The summed E-state index contributed by atoms with van der Waals surface area (Å²) in [7, 11) is 0. The average Bonchev–Trinajstić information content (AvgIpc) is 3.16. The number of imidazole rings is 1. The lowest BCUT2D eigenvalue weighted by molar-refractivity contribution is -0.0265. The Kier molecular flexibility index (Phi) is 15.6. The van der Waals surface area contributed by atoms with Gasteiger partial charge in [-0.25, -0.2) is 4.98 Å². The Morgan fingerprint density at radius 2 is 1.42 bits per heavy atom. The van der Waals surface area contributed by atoms with E-state index >= 15 is 0 Å². The molecule has 1 aromatic heterocycles. The Morgan fingerprint density at radius 3 is 2.08 bits per heavy atom. The Labute approximate surface area is 161 Å². The van der Waals surface area contributed by atoms with Crippen molar-refractivity contribution in [2.75, 3.05) is 19.8 Å². The number of nitrogens with zero attached hydrogens (tertiary/aromatic N) is 2. The first-order valence-corrected chi connectivity index (χ1v) is 11.0. The summed E-state index contributed by atoms with van der Waals surface area (Å²) in [5, 5.41) is 0.